The Morgan fingerprint density at radius 3 is 2.50 bits per heavy atom. The van der Waals surface area contributed by atoms with Gasteiger partial charge in [-0.1, -0.05) is 6.92 Å². The first-order valence-corrected chi connectivity index (χ1v) is 10.2. The molecule has 1 amide bonds. The topological polar surface area (TPSA) is 66.5 Å². The lowest BCUT2D eigenvalue weighted by Gasteiger charge is -2.33. The van der Waals surface area contributed by atoms with Crippen LogP contribution in [-0.4, -0.2) is 56.1 Å². The molecule has 1 unspecified atom stereocenters. The quantitative estimate of drug-likeness (QED) is 0.767. The van der Waals surface area contributed by atoms with E-state index >= 15 is 0 Å². The largest absolute Gasteiger partial charge is 0.341 e. The van der Waals surface area contributed by atoms with Gasteiger partial charge in [0.2, 0.25) is 15.9 Å². The molecular formula is C13H26N2O3S2. The van der Waals surface area contributed by atoms with Crippen molar-refractivity contribution in [3.63, 3.8) is 0 Å². The van der Waals surface area contributed by atoms with Crippen LogP contribution in [0.15, 0.2) is 0 Å². The standard InChI is InChI=1S/C13H26N2O3S2/c1-4-20(17,18)14-12(7-10-19-3)13(16)15-8-5-11(2)6-9-15/h11-12,14H,4-10H2,1-3H3. The Kier molecular flexibility index (Phi) is 7.33. The van der Waals surface area contributed by atoms with Crippen LogP contribution in [0.5, 0.6) is 0 Å². The third-order valence-electron chi connectivity index (χ3n) is 3.71. The third-order valence-corrected chi connectivity index (χ3v) is 5.75. The molecule has 20 heavy (non-hydrogen) atoms. The summed E-state index contributed by atoms with van der Waals surface area (Å²) in [4.78, 5) is 14.3. The van der Waals surface area contributed by atoms with E-state index in [0.29, 0.717) is 12.3 Å². The lowest BCUT2D eigenvalue weighted by atomic mass is 9.98. The van der Waals surface area contributed by atoms with Gasteiger partial charge in [-0.2, -0.15) is 11.8 Å². The SMILES string of the molecule is CCS(=O)(=O)NC(CCSC)C(=O)N1CCC(C)CC1. The first-order chi connectivity index (χ1) is 9.39. The Hall–Kier alpha value is -0.270. The average molecular weight is 322 g/mol. The number of likely N-dealkylation sites (tertiary alicyclic amines) is 1. The van der Waals surface area contributed by atoms with Crippen molar-refractivity contribution in [2.45, 2.75) is 39.2 Å². The van der Waals surface area contributed by atoms with Crippen molar-refractivity contribution in [1.29, 1.82) is 0 Å². The zero-order valence-corrected chi connectivity index (χ0v) is 14.2. The molecule has 1 saturated heterocycles. The summed E-state index contributed by atoms with van der Waals surface area (Å²) < 4.78 is 26.0. The Balaban J connectivity index is 2.68. The second-order valence-corrected chi connectivity index (χ2v) is 8.39. The van der Waals surface area contributed by atoms with Crippen molar-refractivity contribution in [3.05, 3.63) is 0 Å². The molecule has 0 radical (unpaired) electrons. The van der Waals surface area contributed by atoms with E-state index in [-0.39, 0.29) is 11.7 Å². The fourth-order valence-corrected chi connectivity index (χ4v) is 3.51. The second kappa shape index (κ2) is 8.24. The van der Waals surface area contributed by atoms with Crippen LogP contribution in [0.3, 0.4) is 0 Å². The number of hydrogen-bond donors (Lipinski definition) is 1. The number of carbonyl (C=O) groups excluding carboxylic acids is 1. The second-order valence-electron chi connectivity index (χ2n) is 5.36. The van der Waals surface area contributed by atoms with Crippen LogP contribution >= 0.6 is 11.8 Å². The van der Waals surface area contributed by atoms with E-state index in [1.165, 1.54) is 0 Å². The highest BCUT2D eigenvalue weighted by Gasteiger charge is 2.29. The number of piperidine rings is 1. The van der Waals surface area contributed by atoms with Gasteiger partial charge < -0.3 is 4.90 Å². The fraction of sp³-hybridized carbons (Fsp3) is 0.923. The number of hydrogen-bond acceptors (Lipinski definition) is 4. The van der Waals surface area contributed by atoms with Crippen molar-refractivity contribution < 1.29 is 13.2 Å². The lowest BCUT2D eigenvalue weighted by molar-refractivity contribution is -0.134. The van der Waals surface area contributed by atoms with Crippen LogP contribution in [0.4, 0.5) is 0 Å². The maximum Gasteiger partial charge on any atom is 0.240 e. The van der Waals surface area contributed by atoms with Gasteiger partial charge in [0.1, 0.15) is 6.04 Å². The van der Waals surface area contributed by atoms with E-state index in [0.717, 1.165) is 31.7 Å². The Morgan fingerprint density at radius 2 is 2.00 bits per heavy atom. The van der Waals surface area contributed by atoms with Gasteiger partial charge in [-0.05, 0) is 44.1 Å². The van der Waals surface area contributed by atoms with E-state index < -0.39 is 16.1 Å². The summed E-state index contributed by atoms with van der Waals surface area (Å²) in [5, 5.41) is 0. The highest BCUT2D eigenvalue weighted by molar-refractivity contribution is 7.98. The first-order valence-electron chi connectivity index (χ1n) is 7.17. The average Bonchev–Trinajstić information content (AvgIpc) is 2.43. The van der Waals surface area contributed by atoms with Gasteiger partial charge >= 0.3 is 0 Å². The van der Waals surface area contributed by atoms with Gasteiger partial charge in [-0.15, -0.1) is 0 Å². The summed E-state index contributed by atoms with van der Waals surface area (Å²) in [5.41, 5.74) is 0. The van der Waals surface area contributed by atoms with Crippen molar-refractivity contribution >= 4 is 27.7 Å². The Morgan fingerprint density at radius 1 is 1.40 bits per heavy atom. The molecule has 1 heterocycles. The van der Waals surface area contributed by atoms with Crippen molar-refractivity contribution in [1.82, 2.24) is 9.62 Å². The molecule has 1 atom stereocenters. The molecule has 7 heteroatoms. The smallest absolute Gasteiger partial charge is 0.240 e. The number of amides is 1. The Bertz CT molecular complexity index is 404. The fourth-order valence-electron chi connectivity index (χ4n) is 2.22. The van der Waals surface area contributed by atoms with E-state index in [2.05, 4.69) is 11.6 Å². The molecule has 1 aliphatic heterocycles. The van der Waals surface area contributed by atoms with Crippen LogP contribution in [0.1, 0.15) is 33.1 Å². The maximum atomic E-state index is 12.5. The summed E-state index contributed by atoms with van der Waals surface area (Å²) in [5.74, 6) is 1.36. The van der Waals surface area contributed by atoms with Crippen LogP contribution in [-0.2, 0) is 14.8 Å². The number of sulfonamides is 1. The normalized spacial score (nSPS) is 19.1. The molecule has 0 bridgehead atoms. The van der Waals surface area contributed by atoms with Crippen LogP contribution in [0.25, 0.3) is 0 Å². The Labute approximate surface area is 126 Å². The van der Waals surface area contributed by atoms with Crippen LogP contribution < -0.4 is 4.72 Å². The number of nitrogens with one attached hydrogen (secondary N) is 1. The van der Waals surface area contributed by atoms with Crippen LogP contribution in [0.2, 0.25) is 0 Å². The molecule has 5 nitrogen and oxygen atoms in total. The molecule has 0 aromatic rings. The molecule has 0 aliphatic carbocycles. The van der Waals surface area contributed by atoms with Crippen molar-refractivity contribution in [2.75, 3.05) is 30.9 Å². The van der Waals surface area contributed by atoms with Gasteiger partial charge in [0.05, 0.1) is 5.75 Å². The molecule has 0 spiro atoms. The first kappa shape index (κ1) is 17.8. The van der Waals surface area contributed by atoms with E-state index in [4.69, 9.17) is 0 Å². The minimum Gasteiger partial charge on any atom is -0.341 e. The molecule has 1 N–H and O–H groups in total. The zero-order valence-electron chi connectivity index (χ0n) is 12.6. The molecule has 0 aromatic carbocycles. The molecule has 1 rings (SSSR count). The van der Waals surface area contributed by atoms with Crippen LogP contribution in [0, 0.1) is 5.92 Å². The highest BCUT2D eigenvalue weighted by Crippen LogP contribution is 2.17. The molecule has 1 aliphatic rings. The minimum atomic E-state index is -3.35. The molecule has 0 saturated carbocycles. The molecule has 118 valence electrons. The van der Waals surface area contributed by atoms with Gasteiger partial charge in [0.15, 0.2) is 0 Å². The van der Waals surface area contributed by atoms with Gasteiger partial charge in [0, 0.05) is 13.1 Å². The molecule has 1 fully saturated rings. The molecular weight excluding hydrogens is 296 g/mol. The van der Waals surface area contributed by atoms with E-state index in [9.17, 15) is 13.2 Å². The van der Waals surface area contributed by atoms with E-state index in [1.54, 1.807) is 18.7 Å². The number of nitrogens with zero attached hydrogens (tertiary/aromatic N) is 1. The summed E-state index contributed by atoms with van der Waals surface area (Å²) in [6.45, 7) is 5.25. The number of thioether (sulfide) groups is 1. The van der Waals surface area contributed by atoms with Gasteiger partial charge in [-0.3, -0.25) is 4.79 Å². The third kappa shape index (κ3) is 5.61. The van der Waals surface area contributed by atoms with Gasteiger partial charge in [-0.25, -0.2) is 13.1 Å². The summed E-state index contributed by atoms with van der Waals surface area (Å²) >= 11 is 1.62. The number of rotatable bonds is 7. The van der Waals surface area contributed by atoms with E-state index in [1.807, 2.05) is 11.2 Å². The summed E-state index contributed by atoms with van der Waals surface area (Å²) in [6, 6.07) is -0.610. The van der Waals surface area contributed by atoms with Crippen molar-refractivity contribution in [2.24, 2.45) is 5.92 Å². The predicted octanol–water partition coefficient (Wildman–Crippen LogP) is 1.31. The monoisotopic (exact) mass is 322 g/mol. The zero-order chi connectivity index (χ0) is 15.2. The number of carbonyl (C=O) groups is 1. The highest BCUT2D eigenvalue weighted by atomic mass is 32.2. The molecule has 0 aromatic heterocycles. The van der Waals surface area contributed by atoms with Crippen molar-refractivity contribution in [3.8, 4) is 0 Å². The van der Waals surface area contributed by atoms with Gasteiger partial charge in [0.25, 0.3) is 0 Å². The summed E-state index contributed by atoms with van der Waals surface area (Å²) in [6.07, 6.45) is 4.51. The maximum absolute atomic E-state index is 12.5. The lowest BCUT2D eigenvalue weighted by Crippen LogP contribution is -2.51. The minimum absolute atomic E-state index is 0.00703. The summed E-state index contributed by atoms with van der Waals surface area (Å²) in [7, 11) is -3.35. The predicted molar refractivity (Wildman–Crippen MR) is 84.4 cm³/mol.